The van der Waals surface area contributed by atoms with Gasteiger partial charge in [-0.2, -0.15) is 5.26 Å². The van der Waals surface area contributed by atoms with E-state index in [1.165, 1.54) is 13.0 Å². The van der Waals surface area contributed by atoms with Crippen molar-refractivity contribution in [3.63, 3.8) is 0 Å². The molecule has 7 nitrogen and oxygen atoms in total. The van der Waals surface area contributed by atoms with Crippen molar-refractivity contribution in [2.45, 2.75) is 13.0 Å². The average Bonchev–Trinajstić information content (AvgIpc) is 2.72. The maximum atomic E-state index is 12.0. The molecule has 2 aromatic rings. The summed E-state index contributed by atoms with van der Waals surface area (Å²) in [5.41, 5.74) is 1.80. The van der Waals surface area contributed by atoms with Gasteiger partial charge in [-0.05, 0) is 42.8 Å². The molecule has 0 saturated carbocycles. The third kappa shape index (κ3) is 6.77. The van der Waals surface area contributed by atoms with Crippen LogP contribution in [0.25, 0.3) is 6.08 Å². The van der Waals surface area contributed by atoms with Crippen molar-refractivity contribution < 1.29 is 19.1 Å². The number of anilines is 1. The number of esters is 1. The number of nitriles is 1. The number of nitrogens with one attached hydrogen (secondary N) is 2. The van der Waals surface area contributed by atoms with Gasteiger partial charge in [0.15, 0.2) is 6.10 Å². The van der Waals surface area contributed by atoms with Gasteiger partial charge in [0.2, 0.25) is 5.91 Å². The fourth-order valence-corrected chi connectivity index (χ4v) is 2.12. The van der Waals surface area contributed by atoms with Crippen LogP contribution in [0.15, 0.2) is 60.7 Å². The molecule has 0 aliphatic carbocycles. The molecular weight excluding hydrogens is 358 g/mol. The van der Waals surface area contributed by atoms with Crippen molar-refractivity contribution in [1.82, 2.24) is 5.32 Å². The minimum Gasteiger partial charge on any atom is -0.451 e. The topological polar surface area (TPSA) is 108 Å². The van der Waals surface area contributed by atoms with Gasteiger partial charge in [0, 0.05) is 11.8 Å². The summed E-state index contributed by atoms with van der Waals surface area (Å²) in [5, 5.41) is 13.7. The van der Waals surface area contributed by atoms with Crippen LogP contribution in [0.2, 0.25) is 0 Å². The highest BCUT2D eigenvalue weighted by Crippen LogP contribution is 2.09. The standard InChI is InChI=1S/C21H19N3O4/c1-15(21(27)24-18-10-7-17(13-22)8-11-18)28-20(26)14-23-19(25)12-9-16-5-3-2-4-6-16/h2-12,15H,14H2,1H3,(H,23,25)(H,24,27)/b12-9+/t15-/m1/s1. The SMILES string of the molecule is C[C@@H](OC(=O)CNC(=O)/C=C/c1ccccc1)C(=O)Nc1ccc(C#N)cc1. The number of rotatable bonds is 7. The second-order valence-electron chi connectivity index (χ2n) is 5.77. The van der Waals surface area contributed by atoms with E-state index in [9.17, 15) is 14.4 Å². The summed E-state index contributed by atoms with van der Waals surface area (Å²) in [6, 6.07) is 17.5. The van der Waals surface area contributed by atoms with Crippen LogP contribution in [0.3, 0.4) is 0 Å². The molecule has 2 N–H and O–H groups in total. The van der Waals surface area contributed by atoms with E-state index >= 15 is 0 Å². The van der Waals surface area contributed by atoms with E-state index < -0.39 is 23.9 Å². The van der Waals surface area contributed by atoms with E-state index in [4.69, 9.17) is 10.00 Å². The molecule has 0 saturated heterocycles. The van der Waals surface area contributed by atoms with Crippen molar-refractivity contribution in [1.29, 1.82) is 5.26 Å². The number of benzene rings is 2. The third-order valence-corrected chi connectivity index (χ3v) is 3.59. The molecule has 2 amide bonds. The van der Waals surface area contributed by atoms with Gasteiger partial charge in [0.25, 0.3) is 5.91 Å². The Kier molecular flexibility index (Phi) is 7.49. The lowest BCUT2D eigenvalue weighted by molar-refractivity contribution is -0.152. The zero-order valence-corrected chi connectivity index (χ0v) is 15.2. The molecule has 1 atom stereocenters. The first-order chi connectivity index (χ1) is 13.5. The summed E-state index contributed by atoms with van der Waals surface area (Å²) in [7, 11) is 0. The summed E-state index contributed by atoms with van der Waals surface area (Å²) in [4.78, 5) is 35.6. The van der Waals surface area contributed by atoms with Crippen molar-refractivity contribution in [2.75, 3.05) is 11.9 Å². The summed E-state index contributed by atoms with van der Waals surface area (Å²) >= 11 is 0. The van der Waals surface area contributed by atoms with E-state index in [1.54, 1.807) is 30.3 Å². The Morgan fingerprint density at radius 1 is 1.11 bits per heavy atom. The van der Waals surface area contributed by atoms with Crippen LogP contribution in [-0.2, 0) is 19.1 Å². The quantitative estimate of drug-likeness (QED) is 0.568. The predicted molar refractivity (Wildman–Crippen MR) is 104 cm³/mol. The van der Waals surface area contributed by atoms with Gasteiger partial charge in [-0.1, -0.05) is 30.3 Å². The Hall–Kier alpha value is -3.92. The summed E-state index contributed by atoms with van der Waals surface area (Å²) in [6.45, 7) is 1.07. The highest BCUT2D eigenvalue weighted by Gasteiger charge is 2.18. The van der Waals surface area contributed by atoms with Gasteiger partial charge >= 0.3 is 5.97 Å². The van der Waals surface area contributed by atoms with E-state index in [0.717, 1.165) is 5.56 Å². The van der Waals surface area contributed by atoms with Gasteiger partial charge in [-0.3, -0.25) is 14.4 Å². The Morgan fingerprint density at radius 3 is 2.43 bits per heavy atom. The Bertz CT molecular complexity index is 899. The molecule has 0 bridgehead atoms. The van der Waals surface area contributed by atoms with Gasteiger partial charge in [-0.15, -0.1) is 0 Å². The molecule has 0 heterocycles. The number of hydrogen-bond donors (Lipinski definition) is 2. The second kappa shape index (κ2) is 10.3. The smallest absolute Gasteiger partial charge is 0.326 e. The molecular formula is C21H19N3O4. The number of hydrogen-bond acceptors (Lipinski definition) is 5. The normalized spacial score (nSPS) is 11.3. The van der Waals surface area contributed by atoms with Crippen LogP contribution in [0.4, 0.5) is 5.69 Å². The molecule has 142 valence electrons. The van der Waals surface area contributed by atoms with Crippen LogP contribution >= 0.6 is 0 Å². The minimum atomic E-state index is -1.04. The Balaban J connectivity index is 1.75. The zero-order chi connectivity index (χ0) is 20.4. The summed E-state index contributed by atoms with van der Waals surface area (Å²) < 4.78 is 5.00. The summed E-state index contributed by atoms with van der Waals surface area (Å²) in [5.74, 6) is -1.70. The van der Waals surface area contributed by atoms with Crippen molar-refractivity contribution in [3.8, 4) is 6.07 Å². The van der Waals surface area contributed by atoms with Gasteiger partial charge in [0.05, 0.1) is 11.6 Å². The van der Waals surface area contributed by atoms with Crippen LogP contribution in [0, 0.1) is 11.3 Å². The van der Waals surface area contributed by atoms with Crippen LogP contribution in [0.1, 0.15) is 18.1 Å². The molecule has 2 aromatic carbocycles. The first-order valence-electron chi connectivity index (χ1n) is 8.49. The first-order valence-corrected chi connectivity index (χ1v) is 8.49. The van der Waals surface area contributed by atoms with Crippen LogP contribution < -0.4 is 10.6 Å². The number of amides is 2. The van der Waals surface area contributed by atoms with Gasteiger partial charge in [0.1, 0.15) is 6.54 Å². The molecule has 0 fully saturated rings. The maximum Gasteiger partial charge on any atom is 0.326 e. The van der Waals surface area contributed by atoms with Crippen molar-refractivity contribution >= 4 is 29.5 Å². The van der Waals surface area contributed by atoms with E-state index in [0.29, 0.717) is 11.3 Å². The van der Waals surface area contributed by atoms with Gasteiger partial charge in [-0.25, -0.2) is 0 Å². The van der Waals surface area contributed by atoms with Crippen LogP contribution in [0.5, 0.6) is 0 Å². The highest BCUT2D eigenvalue weighted by atomic mass is 16.5. The van der Waals surface area contributed by atoms with Gasteiger partial charge < -0.3 is 15.4 Å². The lowest BCUT2D eigenvalue weighted by atomic mass is 10.2. The average molecular weight is 377 g/mol. The molecule has 28 heavy (non-hydrogen) atoms. The zero-order valence-electron chi connectivity index (χ0n) is 15.2. The first kappa shape index (κ1) is 20.4. The van der Waals surface area contributed by atoms with E-state index in [1.807, 2.05) is 36.4 Å². The molecule has 0 unspecified atom stereocenters. The lowest BCUT2D eigenvalue weighted by Gasteiger charge is -2.13. The number of nitrogens with zero attached hydrogens (tertiary/aromatic N) is 1. The minimum absolute atomic E-state index is 0.355. The molecule has 0 aliphatic heterocycles. The second-order valence-corrected chi connectivity index (χ2v) is 5.77. The Labute approximate surface area is 162 Å². The highest BCUT2D eigenvalue weighted by molar-refractivity contribution is 5.96. The molecule has 7 heteroatoms. The summed E-state index contributed by atoms with van der Waals surface area (Å²) in [6.07, 6.45) is 1.89. The predicted octanol–water partition coefficient (Wildman–Crippen LogP) is 2.26. The fourth-order valence-electron chi connectivity index (χ4n) is 2.12. The number of ether oxygens (including phenoxy) is 1. The molecule has 0 aromatic heterocycles. The third-order valence-electron chi connectivity index (χ3n) is 3.59. The lowest BCUT2D eigenvalue weighted by Crippen LogP contribution is -2.35. The largest absolute Gasteiger partial charge is 0.451 e. The molecule has 0 spiro atoms. The maximum absolute atomic E-state index is 12.0. The number of carbonyl (C=O) groups is 3. The molecule has 2 rings (SSSR count). The number of carbonyl (C=O) groups excluding carboxylic acids is 3. The Morgan fingerprint density at radius 2 is 1.79 bits per heavy atom. The van der Waals surface area contributed by atoms with E-state index in [-0.39, 0.29) is 6.54 Å². The van der Waals surface area contributed by atoms with Crippen molar-refractivity contribution in [3.05, 3.63) is 71.8 Å². The molecule has 0 radical (unpaired) electrons. The monoisotopic (exact) mass is 377 g/mol. The fraction of sp³-hybridized carbons (Fsp3) is 0.143. The molecule has 0 aliphatic rings. The van der Waals surface area contributed by atoms with E-state index in [2.05, 4.69) is 10.6 Å². The van der Waals surface area contributed by atoms with Crippen LogP contribution in [-0.4, -0.2) is 30.4 Å². The van der Waals surface area contributed by atoms with Crippen molar-refractivity contribution in [2.24, 2.45) is 0 Å².